The molecule has 0 amide bonds. The number of benzene rings is 3. The van der Waals surface area contributed by atoms with Gasteiger partial charge in [0.15, 0.2) is 11.5 Å². The predicted molar refractivity (Wildman–Crippen MR) is 134 cm³/mol. The summed E-state index contributed by atoms with van der Waals surface area (Å²) in [4.78, 5) is 13.5. The Bertz CT molecular complexity index is 1340. The van der Waals surface area contributed by atoms with Crippen LogP contribution in [0.4, 0.5) is 10.2 Å². The first-order valence-electron chi connectivity index (χ1n) is 11.2. The molecule has 186 valence electrons. The smallest absolute Gasteiger partial charge is 0.341 e. The van der Waals surface area contributed by atoms with E-state index in [1.54, 1.807) is 26.4 Å². The standard InChI is InChI=1S/C27H27FN4O4/c1-35-24-12-7-20(13-25(24)36-2)17-31(15-18-3-8-21(28)9-4-18)16-19-5-10-22(11-6-19)32-26(29)23(14-30-32)27(33)34/h3-14H,15-17,29H2,1-2H3,(H,33,34). The van der Waals surface area contributed by atoms with E-state index in [-0.39, 0.29) is 17.2 Å². The topological polar surface area (TPSA) is 103 Å². The number of nitrogen functional groups attached to an aromatic ring is 1. The van der Waals surface area contributed by atoms with Crippen molar-refractivity contribution in [1.29, 1.82) is 0 Å². The van der Waals surface area contributed by atoms with Gasteiger partial charge < -0.3 is 20.3 Å². The van der Waals surface area contributed by atoms with Crippen molar-refractivity contribution in [3.8, 4) is 17.2 Å². The van der Waals surface area contributed by atoms with Crippen molar-refractivity contribution in [3.05, 3.63) is 101 Å². The number of anilines is 1. The summed E-state index contributed by atoms with van der Waals surface area (Å²) in [7, 11) is 3.20. The molecule has 4 rings (SSSR count). The van der Waals surface area contributed by atoms with Gasteiger partial charge in [0, 0.05) is 19.6 Å². The quantitative estimate of drug-likeness (QED) is 0.337. The van der Waals surface area contributed by atoms with Gasteiger partial charge >= 0.3 is 5.97 Å². The van der Waals surface area contributed by atoms with Crippen LogP contribution in [0.2, 0.25) is 0 Å². The third-order valence-corrected chi connectivity index (χ3v) is 5.80. The number of carboxylic acid groups (broad SMARTS) is 1. The molecule has 0 saturated heterocycles. The highest BCUT2D eigenvalue weighted by atomic mass is 19.1. The maximum atomic E-state index is 13.4. The largest absolute Gasteiger partial charge is 0.493 e. The molecule has 0 fully saturated rings. The Morgan fingerprint density at radius 3 is 2.03 bits per heavy atom. The van der Waals surface area contributed by atoms with Crippen LogP contribution in [0.1, 0.15) is 27.0 Å². The molecule has 1 aromatic heterocycles. The van der Waals surface area contributed by atoms with E-state index >= 15 is 0 Å². The number of rotatable bonds is 10. The van der Waals surface area contributed by atoms with Crippen molar-refractivity contribution < 1.29 is 23.8 Å². The molecule has 3 aromatic carbocycles. The van der Waals surface area contributed by atoms with Gasteiger partial charge in [-0.15, -0.1) is 0 Å². The first kappa shape index (κ1) is 24.7. The summed E-state index contributed by atoms with van der Waals surface area (Å²) < 4.78 is 25.6. The molecule has 0 atom stereocenters. The molecule has 0 aliphatic rings. The number of carboxylic acids is 1. The van der Waals surface area contributed by atoms with E-state index in [0.717, 1.165) is 16.7 Å². The zero-order chi connectivity index (χ0) is 25.7. The van der Waals surface area contributed by atoms with Crippen molar-refractivity contribution in [3.63, 3.8) is 0 Å². The van der Waals surface area contributed by atoms with Gasteiger partial charge in [-0.2, -0.15) is 5.10 Å². The summed E-state index contributed by atoms with van der Waals surface area (Å²) in [5, 5.41) is 13.3. The minimum absolute atomic E-state index is 0.0422. The zero-order valence-electron chi connectivity index (χ0n) is 20.0. The van der Waals surface area contributed by atoms with Crippen LogP contribution in [0.5, 0.6) is 11.5 Å². The molecule has 3 N–H and O–H groups in total. The minimum Gasteiger partial charge on any atom is -0.493 e. The first-order chi connectivity index (χ1) is 17.4. The molecule has 1 heterocycles. The lowest BCUT2D eigenvalue weighted by Crippen LogP contribution is -2.22. The Morgan fingerprint density at radius 2 is 1.47 bits per heavy atom. The van der Waals surface area contributed by atoms with Crippen molar-refractivity contribution >= 4 is 11.8 Å². The van der Waals surface area contributed by atoms with Crippen molar-refractivity contribution in [2.75, 3.05) is 20.0 Å². The fraction of sp³-hybridized carbons (Fsp3) is 0.185. The number of methoxy groups -OCH3 is 2. The minimum atomic E-state index is -1.12. The number of aromatic carboxylic acids is 1. The molecule has 4 aromatic rings. The van der Waals surface area contributed by atoms with E-state index in [0.29, 0.717) is 36.8 Å². The summed E-state index contributed by atoms with van der Waals surface area (Å²) in [5.41, 5.74) is 9.62. The highest BCUT2D eigenvalue weighted by Gasteiger charge is 2.16. The Kier molecular flexibility index (Phi) is 7.50. The van der Waals surface area contributed by atoms with Crippen LogP contribution in [0.3, 0.4) is 0 Å². The number of aromatic nitrogens is 2. The van der Waals surface area contributed by atoms with E-state index in [1.807, 2.05) is 42.5 Å². The lowest BCUT2D eigenvalue weighted by atomic mass is 10.1. The fourth-order valence-electron chi connectivity index (χ4n) is 3.98. The average Bonchev–Trinajstić information content (AvgIpc) is 3.27. The van der Waals surface area contributed by atoms with E-state index in [1.165, 1.54) is 23.0 Å². The second-order valence-corrected chi connectivity index (χ2v) is 8.29. The molecular weight excluding hydrogens is 463 g/mol. The highest BCUT2D eigenvalue weighted by molar-refractivity contribution is 5.92. The van der Waals surface area contributed by atoms with Crippen LogP contribution < -0.4 is 15.2 Å². The second kappa shape index (κ2) is 10.9. The zero-order valence-corrected chi connectivity index (χ0v) is 20.0. The van der Waals surface area contributed by atoms with Crippen LogP contribution in [0.25, 0.3) is 5.69 Å². The first-order valence-corrected chi connectivity index (χ1v) is 11.2. The van der Waals surface area contributed by atoms with Crippen LogP contribution in [-0.4, -0.2) is 40.0 Å². The van der Waals surface area contributed by atoms with Gasteiger partial charge in [-0.25, -0.2) is 13.9 Å². The van der Waals surface area contributed by atoms with Crippen LogP contribution in [0.15, 0.2) is 72.9 Å². The summed E-state index contributed by atoms with van der Waals surface area (Å²) in [6.07, 6.45) is 1.24. The Balaban J connectivity index is 1.56. The Labute approximate surface area is 208 Å². The SMILES string of the molecule is COc1ccc(CN(Cc2ccc(F)cc2)Cc2ccc(-n3ncc(C(=O)O)c3N)cc2)cc1OC. The molecule has 8 nitrogen and oxygen atoms in total. The van der Waals surface area contributed by atoms with Crippen molar-refractivity contribution in [2.45, 2.75) is 19.6 Å². The second-order valence-electron chi connectivity index (χ2n) is 8.29. The Hall–Kier alpha value is -4.37. The summed E-state index contributed by atoms with van der Waals surface area (Å²) in [6.45, 7) is 1.83. The van der Waals surface area contributed by atoms with E-state index in [4.69, 9.17) is 15.2 Å². The monoisotopic (exact) mass is 490 g/mol. The Morgan fingerprint density at radius 1 is 0.917 bits per heavy atom. The average molecular weight is 491 g/mol. The number of ether oxygens (including phenoxy) is 2. The summed E-state index contributed by atoms with van der Waals surface area (Å²) in [5.74, 6) is -0.0159. The van der Waals surface area contributed by atoms with Gasteiger partial charge in [0.25, 0.3) is 0 Å². The van der Waals surface area contributed by atoms with Gasteiger partial charge in [-0.3, -0.25) is 4.90 Å². The highest BCUT2D eigenvalue weighted by Crippen LogP contribution is 2.28. The normalized spacial score (nSPS) is 11.0. The fourth-order valence-corrected chi connectivity index (χ4v) is 3.98. The lowest BCUT2D eigenvalue weighted by Gasteiger charge is -2.23. The third kappa shape index (κ3) is 5.64. The number of carbonyl (C=O) groups is 1. The molecule has 9 heteroatoms. The van der Waals surface area contributed by atoms with Crippen molar-refractivity contribution in [2.24, 2.45) is 0 Å². The molecule has 0 saturated carbocycles. The van der Waals surface area contributed by atoms with E-state index < -0.39 is 5.97 Å². The number of nitrogens with two attached hydrogens (primary N) is 1. The lowest BCUT2D eigenvalue weighted by molar-refractivity contribution is 0.0698. The van der Waals surface area contributed by atoms with Gasteiger partial charge in [0.1, 0.15) is 17.2 Å². The van der Waals surface area contributed by atoms with E-state index in [9.17, 15) is 14.3 Å². The summed E-state index contributed by atoms with van der Waals surface area (Å²) >= 11 is 0. The maximum absolute atomic E-state index is 13.4. The number of hydrogen-bond acceptors (Lipinski definition) is 6. The summed E-state index contributed by atoms with van der Waals surface area (Å²) in [6, 6.07) is 19.9. The third-order valence-electron chi connectivity index (χ3n) is 5.80. The van der Waals surface area contributed by atoms with Crippen LogP contribution in [0, 0.1) is 5.82 Å². The van der Waals surface area contributed by atoms with E-state index in [2.05, 4.69) is 10.00 Å². The number of halogens is 1. The van der Waals surface area contributed by atoms with Gasteiger partial charge in [-0.1, -0.05) is 30.3 Å². The maximum Gasteiger partial charge on any atom is 0.341 e. The molecule has 0 aliphatic heterocycles. The number of hydrogen-bond donors (Lipinski definition) is 2. The van der Waals surface area contributed by atoms with Crippen molar-refractivity contribution in [1.82, 2.24) is 14.7 Å². The van der Waals surface area contributed by atoms with Gasteiger partial charge in [0.2, 0.25) is 0 Å². The molecule has 0 unspecified atom stereocenters. The molecule has 0 bridgehead atoms. The van der Waals surface area contributed by atoms with Crippen LogP contribution in [-0.2, 0) is 19.6 Å². The molecular formula is C27H27FN4O4. The molecule has 0 aliphatic carbocycles. The number of nitrogens with zero attached hydrogens (tertiary/aromatic N) is 3. The van der Waals surface area contributed by atoms with Gasteiger partial charge in [0.05, 0.1) is 26.1 Å². The van der Waals surface area contributed by atoms with Crippen LogP contribution >= 0.6 is 0 Å². The molecule has 36 heavy (non-hydrogen) atoms. The molecule has 0 spiro atoms. The van der Waals surface area contributed by atoms with Gasteiger partial charge in [-0.05, 0) is 53.1 Å². The molecule has 0 radical (unpaired) electrons. The predicted octanol–water partition coefficient (Wildman–Crippen LogP) is 4.51.